The quantitative estimate of drug-likeness (QED) is 0.848. The zero-order valence-corrected chi connectivity index (χ0v) is 12.4. The van der Waals surface area contributed by atoms with Crippen LogP contribution in [-0.4, -0.2) is 42.0 Å². The molecule has 1 heterocycles. The van der Waals surface area contributed by atoms with E-state index in [1.165, 1.54) is 12.1 Å². The Bertz CT molecular complexity index is 470. The van der Waals surface area contributed by atoms with Gasteiger partial charge in [0.1, 0.15) is 5.82 Å². The minimum atomic E-state index is -0.273. The minimum absolute atomic E-state index is 0.136. The number of hydrogen-bond donors (Lipinski definition) is 0. The van der Waals surface area contributed by atoms with E-state index < -0.39 is 0 Å². The number of rotatable bonds is 4. The van der Waals surface area contributed by atoms with Crippen molar-refractivity contribution in [2.75, 3.05) is 19.6 Å². The third-order valence-electron chi connectivity index (χ3n) is 3.35. The average molecular weight is 279 g/mol. The molecule has 0 aliphatic carbocycles. The molecule has 0 bridgehead atoms. The molecule has 3 nitrogen and oxygen atoms in total. The molecule has 20 heavy (non-hydrogen) atoms. The third kappa shape index (κ3) is 4.39. The number of halogens is 1. The maximum absolute atomic E-state index is 12.8. The zero-order valence-electron chi connectivity index (χ0n) is 12.4. The van der Waals surface area contributed by atoms with Gasteiger partial charge in [-0.15, -0.1) is 0 Å². The van der Waals surface area contributed by atoms with Crippen LogP contribution in [0.4, 0.5) is 4.39 Å². The van der Waals surface area contributed by atoms with Crippen molar-refractivity contribution in [2.24, 2.45) is 0 Å². The van der Waals surface area contributed by atoms with Crippen LogP contribution in [0, 0.1) is 5.82 Å². The van der Waals surface area contributed by atoms with Crippen LogP contribution in [0.25, 0.3) is 0 Å². The standard InChI is InChI=1S/C16H22FNO2/c1-12-9-18(11-16(2,3)20-12)10-15(19)8-13-4-6-14(17)7-5-13/h4-7,12H,8-11H2,1-3H3. The number of hydrogen-bond acceptors (Lipinski definition) is 3. The van der Waals surface area contributed by atoms with Crippen LogP contribution in [0.2, 0.25) is 0 Å². The Labute approximate surface area is 119 Å². The van der Waals surface area contributed by atoms with Gasteiger partial charge in [0, 0.05) is 19.5 Å². The van der Waals surface area contributed by atoms with Gasteiger partial charge in [0.05, 0.1) is 18.2 Å². The number of morpholine rings is 1. The monoisotopic (exact) mass is 279 g/mol. The number of carbonyl (C=O) groups excluding carboxylic acids is 1. The molecule has 4 heteroatoms. The van der Waals surface area contributed by atoms with E-state index in [9.17, 15) is 9.18 Å². The van der Waals surface area contributed by atoms with Gasteiger partial charge in [-0.3, -0.25) is 9.69 Å². The van der Waals surface area contributed by atoms with Crippen LogP contribution in [0.15, 0.2) is 24.3 Å². The summed E-state index contributed by atoms with van der Waals surface area (Å²) in [6, 6.07) is 6.11. The zero-order chi connectivity index (χ0) is 14.8. The number of nitrogens with zero attached hydrogens (tertiary/aromatic N) is 1. The van der Waals surface area contributed by atoms with Crippen molar-refractivity contribution < 1.29 is 13.9 Å². The number of benzene rings is 1. The summed E-state index contributed by atoms with van der Waals surface area (Å²) in [5.41, 5.74) is 0.644. The molecule has 1 saturated heterocycles. The molecule has 0 aromatic heterocycles. The number of carbonyl (C=O) groups is 1. The second kappa shape index (κ2) is 6.02. The first-order valence-corrected chi connectivity index (χ1v) is 7.00. The van der Waals surface area contributed by atoms with Crippen molar-refractivity contribution in [2.45, 2.75) is 38.9 Å². The summed E-state index contributed by atoms with van der Waals surface area (Å²) in [5, 5.41) is 0. The number of ketones is 1. The van der Waals surface area contributed by atoms with Crippen molar-refractivity contribution >= 4 is 5.78 Å². The maximum atomic E-state index is 12.8. The normalized spacial score (nSPS) is 22.7. The summed E-state index contributed by atoms with van der Waals surface area (Å²) in [4.78, 5) is 14.2. The summed E-state index contributed by atoms with van der Waals surface area (Å²) in [6.07, 6.45) is 0.490. The lowest BCUT2D eigenvalue weighted by Gasteiger charge is -2.41. The van der Waals surface area contributed by atoms with Crippen LogP contribution >= 0.6 is 0 Å². The topological polar surface area (TPSA) is 29.5 Å². The lowest BCUT2D eigenvalue weighted by atomic mass is 10.0. The summed E-state index contributed by atoms with van der Waals surface area (Å²) >= 11 is 0. The van der Waals surface area contributed by atoms with Gasteiger partial charge in [-0.1, -0.05) is 12.1 Å². The van der Waals surface area contributed by atoms with Crippen molar-refractivity contribution in [1.29, 1.82) is 0 Å². The van der Waals surface area contributed by atoms with E-state index in [4.69, 9.17) is 4.74 Å². The molecule has 0 spiro atoms. The highest BCUT2D eigenvalue weighted by atomic mass is 19.1. The Balaban J connectivity index is 1.89. The molecule has 0 N–H and O–H groups in total. The lowest BCUT2D eigenvalue weighted by molar-refractivity contribution is -0.137. The van der Waals surface area contributed by atoms with Crippen LogP contribution < -0.4 is 0 Å². The molecule has 0 saturated carbocycles. The Morgan fingerprint density at radius 2 is 2.05 bits per heavy atom. The van der Waals surface area contributed by atoms with Crippen LogP contribution in [0.1, 0.15) is 26.3 Å². The van der Waals surface area contributed by atoms with Crippen molar-refractivity contribution in [3.05, 3.63) is 35.6 Å². The van der Waals surface area contributed by atoms with Gasteiger partial charge in [-0.05, 0) is 38.5 Å². The maximum Gasteiger partial charge on any atom is 0.151 e. The third-order valence-corrected chi connectivity index (χ3v) is 3.35. The first-order chi connectivity index (χ1) is 9.34. The molecule has 2 rings (SSSR count). The summed E-state index contributed by atoms with van der Waals surface area (Å²) in [6.45, 7) is 8.07. The smallest absolute Gasteiger partial charge is 0.151 e. The molecule has 110 valence electrons. The van der Waals surface area contributed by atoms with Gasteiger partial charge in [-0.2, -0.15) is 0 Å². The van der Waals surface area contributed by atoms with Crippen molar-refractivity contribution in [3.8, 4) is 0 Å². The predicted octanol–water partition coefficient (Wildman–Crippen LogP) is 2.44. The summed E-state index contributed by atoms with van der Waals surface area (Å²) in [7, 11) is 0. The SMILES string of the molecule is CC1CN(CC(=O)Cc2ccc(F)cc2)CC(C)(C)O1. The molecule has 0 radical (unpaired) electrons. The largest absolute Gasteiger partial charge is 0.370 e. The van der Waals surface area contributed by atoms with Gasteiger partial charge in [-0.25, -0.2) is 4.39 Å². The fraction of sp³-hybridized carbons (Fsp3) is 0.562. The van der Waals surface area contributed by atoms with E-state index in [0.29, 0.717) is 13.0 Å². The average Bonchev–Trinajstić information content (AvgIpc) is 2.29. The first kappa shape index (κ1) is 15.1. The Morgan fingerprint density at radius 3 is 2.65 bits per heavy atom. The molecule has 1 fully saturated rings. The molecule has 1 aromatic rings. The van der Waals surface area contributed by atoms with E-state index in [2.05, 4.69) is 4.90 Å². The van der Waals surface area contributed by atoms with E-state index in [0.717, 1.165) is 18.7 Å². The van der Waals surface area contributed by atoms with Crippen LogP contribution in [0.5, 0.6) is 0 Å². The molecule has 1 unspecified atom stereocenters. The first-order valence-electron chi connectivity index (χ1n) is 7.00. The fourth-order valence-corrected chi connectivity index (χ4v) is 2.84. The molecule has 1 aliphatic heterocycles. The molecule has 1 aliphatic rings. The van der Waals surface area contributed by atoms with E-state index >= 15 is 0 Å². The molecule has 0 amide bonds. The highest BCUT2D eigenvalue weighted by Gasteiger charge is 2.31. The van der Waals surface area contributed by atoms with Crippen molar-refractivity contribution in [1.82, 2.24) is 4.90 Å². The molecule has 1 aromatic carbocycles. The summed E-state index contributed by atoms with van der Waals surface area (Å²) < 4.78 is 18.6. The van der Waals surface area contributed by atoms with E-state index in [-0.39, 0.29) is 23.3 Å². The molecular weight excluding hydrogens is 257 g/mol. The van der Waals surface area contributed by atoms with E-state index in [1.807, 2.05) is 20.8 Å². The summed E-state index contributed by atoms with van der Waals surface area (Å²) in [5.74, 6) is -0.119. The Morgan fingerprint density at radius 1 is 1.40 bits per heavy atom. The van der Waals surface area contributed by atoms with E-state index in [1.54, 1.807) is 12.1 Å². The lowest BCUT2D eigenvalue weighted by Crippen LogP contribution is -2.53. The van der Waals surface area contributed by atoms with Gasteiger partial charge >= 0.3 is 0 Å². The van der Waals surface area contributed by atoms with Gasteiger partial charge < -0.3 is 4.74 Å². The second-order valence-electron chi connectivity index (χ2n) is 6.20. The molecule has 1 atom stereocenters. The van der Waals surface area contributed by atoms with Crippen molar-refractivity contribution in [3.63, 3.8) is 0 Å². The molecular formula is C16H22FNO2. The number of ether oxygens (including phenoxy) is 1. The predicted molar refractivity (Wildman–Crippen MR) is 76.2 cm³/mol. The second-order valence-corrected chi connectivity index (χ2v) is 6.20. The fourth-order valence-electron chi connectivity index (χ4n) is 2.84. The van der Waals surface area contributed by atoms with Gasteiger partial charge in [0.15, 0.2) is 5.78 Å². The highest BCUT2D eigenvalue weighted by Crippen LogP contribution is 2.20. The van der Waals surface area contributed by atoms with Gasteiger partial charge in [0.25, 0.3) is 0 Å². The van der Waals surface area contributed by atoms with Crippen LogP contribution in [-0.2, 0) is 16.0 Å². The Kier molecular flexibility index (Phi) is 4.55. The number of Topliss-reactive ketones (excluding diaryl/α,β-unsaturated/α-hetero) is 1. The minimum Gasteiger partial charge on any atom is -0.370 e. The van der Waals surface area contributed by atoms with Crippen LogP contribution in [0.3, 0.4) is 0 Å². The Hall–Kier alpha value is -1.26. The van der Waals surface area contributed by atoms with Gasteiger partial charge in [0.2, 0.25) is 0 Å². The highest BCUT2D eigenvalue weighted by molar-refractivity contribution is 5.82.